The molecule has 258 valence electrons. The Hall–Kier alpha value is -4.74. The van der Waals surface area contributed by atoms with Crippen molar-refractivity contribution in [1.29, 1.82) is 0 Å². The van der Waals surface area contributed by atoms with E-state index in [0.717, 1.165) is 23.3 Å². The smallest absolute Gasteiger partial charge is 0.423 e. The van der Waals surface area contributed by atoms with Gasteiger partial charge in [0.1, 0.15) is 17.9 Å². The molecule has 1 fully saturated rings. The Morgan fingerprint density at radius 1 is 1.04 bits per heavy atom. The molecule has 1 N–H and O–H groups in total. The van der Waals surface area contributed by atoms with Crippen LogP contribution < -0.4 is 20.5 Å². The molecule has 0 saturated carbocycles. The fraction of sp³-hybridized carbons (Fsp3) is 0.467. The van der Waals surface area contributed by atoms with Gasteiger partial charge >= 0.3 is 12.4 Å². The Morgan fingerprint density at radius 3 is 2.38 bits per heavy atom. The van der Waals surface area contributed by atoms with Crippen molar-refractivity contribution in [3.8, 4) is 5.75 Å². The number of hydrogen-bond donors (Lipinski definition) is 1. The molecule has 4 aromatic rings. The molecule has 0 amide bonds. The number of ether oxygens (including phenoxy) is 2. The van der Waals surface area contributed by atoms with Crippen LogP contribution in [0.4, 0.5) is 38.0 Å². The standard InChI is InChI=1S/C30H32F6N8O4/c1-17(40-23-13-39-44(27(45)25(23)30(34,35)36)14-19-4-6-22(46-3)7-5-19)15-47-16-24-41-42-26(48-24)20-8-9-43(18(2)10-20)28-37-11-21(12-38-28)29(31,32)33/h4-7,11-13,17-18,20,40H,8-10,14-16H2,1-3H3. The molecule has 3 unspecified atom stereocenters. The van der Waals surface area contributed by atoms with E-state index in [4.69, 9.17) is 13.9 Å². The van der Waals surface area contributed by atoms with Crippen molar-refractivity contribution >= 4 is 11.6 Å². The lowest BCUT2D eigenvalue weighted by molar-refractivity contribution is -0.139. The van der Waals surface area contributed by atoms with Crippen LogP contribution in [0, 0.1) is 0 Å². The zero-order valence-corrected chi connectivity index (χ0v) is 26.0. The number of aromatic nitrogens is 6. The van der Waals surface area contributed by atoms with Crippen molar-refractivity contribution in [3.63, 3.8) is 0 Å². The maximum atomic E-state index is 14.0. The minimum atomic E-state index is -4.94. The Kier molecular flexibility index (Phi) is 10.2. The maximum Gasteiger partial charge on any atom is 0.423 e. The van der Waals surface area contributed by atoms with Crippen LogP contribution in [0.25, 0.3) is 0 Å². The summed E-state index contributed by atoms with van der Waals surface area (Å²) in [5, 5.41) is 14.7. The van der Waals surface area contributed by atoms with Crippen LogP contribution in [0.1, 0.15) is 61.1 Å². The molecule has 0 bridgehead atoms. The number of methoxy groups -OCH3 is 1. The number of nitrogens with one attached hydrogen (secondary N) is 1. The predicted octanol–water partition coefficient (Wildman–Crippen LogP) is 5.30. The molecule has 18 heteroatoms. The van der Waals surface area contributed by atoms with Crippen LogP contribution in [-0.4, -0.2) is 62.3 Å². The quantitative estimate of drug-likeness (QED) is 0.207. The minimum absolute atomic E-state index is 0.0630. The Labute approximate surface area is 270 Å². The van der Waals surface area contributed by atoms with E-state index in [2.05, 4.69) is 30.6 Å². The third kappa shape index (κ3) is 8.21. The molecule has 0 aliphatic carbocycles. The second kappa shape index (κ2) is 14.2. The number of nitrogens with zero attached hydrogens (tertiary/aromatic N) is 7. The van der Waals surface area contributed by atoms with Gasteiger partial charge < -0.3 is 24.1 Å². The number of anilines is 2. The van der Waals surface area contributed by atoms with Crippen LogP contribution in [0.5, 0.6) is 5.75 Å². The van der Waals surface area contributed by atoms with Gasteiger partial charge in [0.2, 0.25) is 17.7 Å². The molecule has 48 heavy (non-hydrogen) atoms. The highest BCUT2D eigenvalue weighted by Gasteiger charge is 2.39. The summed E-state index contributed by atoms with van der Waals surface area (Å²) < 4.78 is 97.7. The van der Waals surface area contributed by atoms with Crippen LogP contribution in [0.3, 0.4) is 0 Å². The van der Waals surface area contributed by atoms with Crippen molar-refractivity contribution in [3.05, 3.63) is 81.7 Å². The lowest BCUT2D eigenvalue weighted by Crippen LogP contribution is -2.41. The predicted molar refractivity (Wildman–Crippen MR) is 158 cm³/mol. The van der Waals surface area contributed by atoms with Gasteiger partial charge in [-0.05, 0) is 44.4 Å². The van der Waals surface area contributed by atoms with E-state index >= 15 is 0 Å². The van der Waals surface area contributed by atoms with Gasteiger partial charge in [-0.2, -0.15) is 31.4 Å². The van der Waals surface area contributed by atoms with E-state index < -0.39 is 40.8 Å². The van der Waals surface area contributed by atoms with Crippen molar-refractivity contribution in [2.24, 2.45) is 0 Å². The first-order valence-corrected chi connectivity index (χ1v) is 14.9. The second-order valence-corrected chi connectivity index (χ2v) is 11.4. The zero-order valence-electron chi connectivity index (χ0n) is 26.0. The Bertz CT molecular complexity index is 1730. The summed E-state index contributed by atoms with van der Waals surface area (Å²) in [7, 11) is 1.48. The average Bonchev–Trinajstić information content (AvgIpc) is 3.51. The summed E-state index contributed by atoms with van der Waals surface area (Å²) in [5.41, 5.74) is -3.49. The molecule has 12 nitrogen and oxygen atoms in total. The fourth-order valence-corrected chi connectivity index (χ4v) is 5.32. The molecule has 4 heterocycles. The lowest BCUT2D eigenvalue weighted by Gasteiger charge is -2.36. The third-order valence-corrected chi connectivity index (χ3v) is 7.74. The lowest BCUT2D eigenvalue weighted by atomic mass is 9.92. The van der Waals surface area contributed by atoms with Crippen LogP contribution in [0.2, 0.25) is 0 Å². The first-order chi connectivity index (χ1) is 22.7. The number of alkyl halides is 6. The molecule has 0 spiro atoms. The van der Waals surface area contributed by atoms with Crippen LogP contribution >= 0.6 is 0 Å². The monoisotopic (exact) mass is 682 g/mol. The van der Waals surface area contributed by atoms with E-state index in [9.17, 15) is 31.1 Å². The van der Waals surface area contributed by atoms with Crippen molar-refractivity contribution in [2.45, 2.75) is 70.2 Å². The summed E-state index contributed by atoms with van der Waals surface area (Å²) in [5.74, 6) is 1.18. The van der Waals surface area contributed by atoms with E-state index in [1.54, 1.807) is 31.2 Å². The molecule has 1 aliphatic heterocycles. The number of benzene rings is 1. The van der Waals surface area contributed by atoms with Gasteiger partial charge in [0, 0.05) is 36.9 Å². The van der Waals surface area contributed by atoms with E-state index in [0.29, 0.717) is 36.6 Å². The first kappa shape index (κ1) is 34.6. The summed E-state index contributed by atoms with van der Waals surface area (Å²) in [4.78, 5) is 22.4. The molecule has 1 saturated heterocycles. The van der Waals surface area contributed by atoms with Crippen LogP contribution in [-0.2, 0) is 30.2 Å². The average molecular weight is 683 g/mol. The van der Waals surface area contributed by atoms with Gasteiger partial charge in [0.15, 0.2) is 0 Å². The molecule has 1 aromatic carbocycles. The van der Waals surface area contributed by atoms with Crippen molar-refractivity contribution in [2.75, 3.05) is 30.5 Å². The normalized spacial score (nSPS) is 17.7. The largest absolute Gasteiger partial charge is 0.497 e. The van der Waals surface area contributed by atoms with Crippen molar-refractivity contribution < 1.29 is 40.2 Å². The highest BCUT2D eigenvalue weighted by molar-refractivity contribution is 5.50. The van der Waals surface area contributed by atoms with E-state index in [-0.39, 0.29) is 43.6 Å². The number of hydrogen-bond acceptors (Lipinski definition) is 11. The molecule has 3 atom stereocenters. The zero-order chi connectivity index (χ0) is 34.6. The highest BCUT2D eigenvalue weighted by Crippen LogP contribution is 2.34. The molecular formula is C30H32F6N8O4. The SMILES string of the molecule is COc1ccc(Cn2ncc(NC(C)COCc3nnc(C4CCN(c5ncc(C(F)(F)F)cn5)C(C)C4)o3)c(C(F)(F)F)c2=O)cc1. The number of halogens is 6. The Morgan fingerprint density at radius 2 is 1.75 bits per heavy atom. The van der Waals surface area contributed by atoms with Gasteiger partial charge in [-0.1, -0.05) is 12.1 Å². The van der Waals surface area contributed by atoms with Gasteiger partial charge in [0.05, 0.1) is 37.7 Å². The summed E-state index contributed by atoms with van der Waals surface area (Å²) in [6.07, 6.45) is -5.86. The van der Waals surface area contributed by atoms with Gasteiger partial charge in [-0.3, -0.25) is 4.79 Å². The molecule has 5 rings (SSSR count). The topological polar surface area (TPSA) is 133 Å². The fourth-order valence-electron chi connectivity index (χ4n) is 5.32. The van der Waals surface area contributed by atoms with E-state index in [1.807, 2.05) is 11.8 Å². The molecule has 1 aliphatic rings. The van der Waals surface area contributed by atoms with Crippen LogP contribution in [0.15, 0.2) is 52.1 Å². The molecule has 0 radical (unpaired) electrons. The summed E-state index contributed by atoms with van der Waals surface area (Å²) in [6.45, 7) is 3.59. The van der Waals surface area contributed by atoms with Crippen molar-refractivity contribution in [1.82, 2.24) is 29.9 Å². The highest BCUT2D eigenvalue weighted by atomic mass is 19.4. The third-order valence-electron chi connectivity index (χ3n) is 7.74. The second-order valence-electron chi connectivity index (χ2n) is 11.4. The summed E-state index contributed by atoms with van der Waals surface area (Å²) in [6, 6.07) is 5.73. The first-order valence-electron chi connectivity index (χ1n) is 14.9. The number of rotatable bonds is 11. The van der Waals surface area contributed by atoms with Gasteiger partial charge in [-0.15, -0.1) is 10.2 Å². The van der Waals surface area contributed by atoms with E-state index in [1.165, 1.54) is 7.11 Å². The number of piperidine rings is 1. The molecular weight excluding hydrogens is 650 g/mol. The summed E-state index contributed by atoms with van der Waals surface area (Å²) >= 11 is 0. The Balaban J connectivity index is 1.14. The minimum Gasteiger partial charge on any atom is -0.497 e. The van der Waals surface area contributed by atoms with Gasteiger partial charge in [-0.25, -0.2) is 14.6 Å². The maximum absolute atomic E-state index is 14.0. The van der Waals surface area contributed by atoms with Gasteiger partial charge in [0.25, 0.3) is 5.56 Å². The molecule has 3 aromatic heterocycles.